The fourth-order valence-electron chi connectivity index (χ4n) is 2.68. The maximum Gasteiger partial charge on any atom is 0.226 e. The second kappa shape index (κ2) is 7.61. The Morgan fingerprint density at radius 3 is 3.17 bits per heavy atom. The van der Waals surface area contributed by atoms with Crippen molar-refractivity contribution in [3.63, 3.8) is 0 Å². The van der Waals surface area contributed by atoms with Gasteiger partial charge in [-0.1, -0.05) is 23.9 Å². The molecule has 1 aromatic carbocycles. The Balaban J connectivity index is 1.48. The molecule has 0 unspecified atom stereocenters. The van der Waals surface area contributed by atoms with Crippen LogP contribution in [-0.4, -0.2) is 41.5 Å². The van der Waals surface area contributed by atoms with Gasteiger partial charge in [0, 0.05) is 31.7 Å². The van der Waals surface area contributed by atoms with Crippen LogP contribution in [0.25, 0.3) is 0 Å². The minimum Gasteiger partial charge on any atom is -0.493 e. The molecule has 0 aliphatic carbocycles. The molecule has 1 atom stereocenters. The molecule has 0 spiro atoms. The summed E-state index contributed by atoms with van der Waals surface area (Å²) in [6.07, 6.45) is 4.35. The van der Waals surface area contributed by atoms with Crippen LogP contribution in [0.4, 0.5) is 0 Å². The first kappa shape index (κ1) is 16.7. The second-order valence-electron chi connectivity index (χ2n) is 5.62. The van der Waals surface area contributed by atoms with Crippen molar-refractivity contribution in [1.82, 2.24) is 14.9 Å². The van der Waals surface area contributed by atoms with Gasteiger partial charge in [0.1, 0.15) is 6.61 Å². The topological polar surface area (TPSA) is 65.4 Å². The summed E-state index contributed by atoms with van der Waals surface area (Å²) < 4.78 is 13.0. The molecule has 0 bridgehead atoms. The largest absolute Gasteiger partial charge is 0.493 e. The zero-order valence-corrected chi connectivity index (χ0v) is 14.6. The predicted octanol–water partition coefficient (Wildman–Crippen LogP) is 1.89. The van der Waals surface area contributed by atoms with E-state index in [0.717, 1.165) is 28.0 Å². The van der Waals surface area contributed by atoms with Crippen LogP contribution < -0.4 is 14.8 Å². The number of carbonyl (C=O) groups is 1. The van der Waals surface area contributed by atoms with Crippen molar-refractivity contribution in [3.8, 4) is 11.5 Å². The van der Waals surface area contributed by atoms with Gasteiger partial charge >= 0.3 is 0 Å². The van der Waals surface area contributed by atoms with Gasteiger partial charge in [-0.2, -0.15) is 0 Å². The van der Waals surface area contributed by atoms with Gasteiger partial charge in [-0.25, -0.2) is 4.98 Å². The molecule has 0 saturated carbocycles. The molecule has 1 N–H and O–H groups in total. The van der Waals surface area contributed by atoms with Crippen LogP contribution in [0.15, 0.2) is 35.7 Å². The molecular weight excluding hydrogens is 326 g/mol. The summed E-state index contributed by atoms with van der Waals surface area (Å²) in [5, 5.41) is 3.94. The van der Waals surface area contributed by atoms with Crippen molar-refractivity contribution in [2.75, 3.05) is 26.0 Å². The molecule has 1 amide bonds. The highest BCUT2D eigenvalue weighted by atomic mass is 32.2. The lowest BCUT2D eigenvalue weighted by Crippen LogP contribution is -2.38. The minimum atomic E-state index is -0.164. The Labute approximate surface area is 145 Å². The highest BCUT2D eigenvalue weighted by molar-refractivity contribution is 7.99. The van der Waals surface area contributed by atoms with E-state index in [1.54, 1.807) is 25.1 Å². The van der Waals surface area contributed by atoms with Crippen LogP contribution in [-0.2, 0) is 18.3 Å². The number of aromatic nitrogens is 2. The van der Waals surface area contributed by atoms with E-state index < -0.39 is 0 Å². The number of benzene rings is 1. The van der Waals surface area contributed by atoms with E-state index in [9.17, 15) is 4.79 Å². The Hall–Kier alpha value is -2.15. The van der Waals surface area contributed by atoms with Gasteiger partial charge in [0.2, 0.25) is 5.91 Å². The van der Waals surface area contributed by atoms with E-state index in [4.69, 9.17) is 9.47 Å². The molecule has 2 heterocycles. The third kappa shape index (κ3) is 3.67. The number of aryl methyl sites for hydroxylation is 1. The normalized spacial score (nSPS) is 16.2. The number of hydrogen-bond donors (Lipinski definition) is 1. The molecule has 1 aliphatic rings. The minimum absolute atomic E-state index is 0.0314. The Morgan fingerprint density at radius 2 is 2.42 bits per heavy atom. The van der Waals surface area contributed by atoms with Crippen molar-refractivity contribution in [3.05, 3.63) is 36.2 Å². The van der Waals surface area contributed by atoms with Crippen molar-refractivity contribution >= 4 is 17.7 Å². The molecule has 1 aliphatic heterocycles. The first-order valence-electron chi connectivity index (χ1n) is 7.85. The van der Waals surface area contributed by atoms with Crippen molar-refractivity contribution in [2.45, 2.75) is 11.6 Å². The van der Waals surface area contributed by atoms with Gasteiger partial charge in [0.25, 0.3) is 0 Å². The van der Waals surface area contributed by atoms with E-state index >= 15 is 0 Å². The number of para-hydroxylation sites is 1. The first-order chi connectivity index (χ1) is 11.7. The Bertz CT molecular complexity index is 717. The van der Waals surface area contributed by atoms with Crippen LogP contribution in [0.2, 0.25) is 0 Å². The fraction of sp³-hybridized carbons (Fsp3) is 0.412. The maximum absolute atomic E-state index is 12.3. The number of nitrogens with one attached hydrogen (secondary N) is 1. The molecule has 6 nitrogen and oxygen atoms in total. The zero-order valence-electron chi connectivity index (χ0n) is 13.8. The average Bonchev–Trinajstić information content (AvgIpc) is 3.02. The summed E-state index contributed by atoms with van der Waals surface area (Å²) in [4.78, 5) is 16.6. The van der Waals surface area contributed by atoms with Gasteiger partial charge in [-0.05, 0) is 18.1 Å². The molecule has 7 heteroatoms. The van der Waals surface area contributed by atoms with Gasteiger partial charge in [-0.3, -0.25) is 4.79 Å². The summed E-state index contributed by atoms with van der Waals surface area (Å²) in [5.74, 6) is 2.13. The molecule has 3 rings (SSSR count). The summed E-state index contributed by atoms with van der Waals surface area (Å²) in [6, 6.07) is 5.77. The third-order valence-electron chi connectivity index (χ3n) is 3.96. The number of ether oxygens (including phenoxy) is 2. The SMILES string of the molecule is COc1cccc2c1OC[C@H](C(=O)NCCSc1nccn1C)C2. The number of amides is 1. The van der Waals surface area contributed by atoms with Crippen molar-refractivity contribution < 1.29 is 14.3 Å². The smallest absolute Gasteiger partial charge is 0.226 e. The zero-order chi connectivity index (χ0) is 16.9. The molecule has 0 saturated heterocycles. The lowest BCUT2D eigenvalue weighted by molar-refractivity contribution is -0.126. The molecule has 128 valence electrons. The van der Waals surface area contributed by atoms with E-state index in [1.807, 2.05) is 36.0 Å². The molecule has 0 radical (unpaired) electrons. The number of hydrogen-bond acceptors (Lipinski definition) is 5. The lowest BCUT2D eigenvalue weighted by atomic mass is 9.95. The number of imidazole rings is 1. The molecule has 0 fully saturated rings. The van der Waals surface area contributed by atoms with Crippen molar-refractivity contribution in [2.24, 2.45) is 13.0 Å². The number of rotatable bonds is 6. The molecule has 2 aromatic rings. The second-order valence-corrected chi connectivity index (χ2v) is 6.68. The van der Waals surface area contributed by atoms with E-state index in [1.165, 1.54) is 0 Å². The predicted molar refractivity (Wildman–Crippen MR) is 92.6 cm³/mol. The fourth-order valence-corrected chi connectivity index (χ4v) is 3.46. The first-order valence-corrected chi connectivity index (χ1v) is 8.84. The van der Waals surface area contributed by atoms with E-state index in [0.29, 0.717) is 19.6 Å². The van der Waals surface area contributed by atoms with Gasteiger partial charge in [0.05, 0.1) is 13.0 Å². The number of nitrogens with zero attached hydrogens (tertiary/aromatic N) is 2. The molecule has 1 aromatic heterocycles. The van der Waals surface area contributed by atoms with Crippen molar-refractivity contribution in [1.29, 1.82) is 0 Å². The van der Waals surface area contributed by atoms with Crippen LogP contribution in [0.3, 0.4) is 0 Å². The maximum atomic E-state index is 12.3. The van der Waals surface area contributed by atoms with Crippen LogP contribution in [0.5, 0.6) is 11.5 Å². The lowest BCUT2D eigenvalue weighted by Gasteiger charge is -2.25. The van der Waals surface area contributed by atoms with Crippen LogP contribution in [0.1, 0.15) is 5.56 Å². The highest BCUT2D eigenvalue weighted by Gasteiger charge is 2.27. The number of carbonyl (C=O) groups excluding carboxylic acids is 1. The number of thioether (sulfide) groups is 1. The van der Waals surface area contributed by atoms with E-state index in [-0.39, 0.29) is 11.8 Å². The number of fused-ring (bicyclic) bond motifs is 1. The Morgan fingerprint density at radius 1 is 1.54 bits per heavy atom. The van der Waals surface area contributed by atoms with Gasteiger partial charge in [-0.15, -0.1) is 0 Å². The summed E-state index contributed by atoms with van der Waals surface area (Å²) in [7, 11) is 3.58. The summed E-state index contributed by atoms with van der Waals surface area (Å²) >= 11 is 1.63. The average molecular weight is 347 g/mol. The molecular formula is C17H21N3O3S. The highest BCUT2D eigenvalue weighted by Crippen LogP contribution is 2.35. The summed E-state index contributed by atoms with van der Waals surface area (Å²) in [6.45, 7) is 0.990. The number of methoxy groups -OCH3 is 1. The van der Waals surface area contributed by atoms with Gasteiger partial charge < -0.3 is 19.4 Å². The molecule has 24 heavy (non-hydrogen) atoms. The van der Waals surface area contributed by atoms with Crippen LogP contribution in [0, 0.1) is 5.92 Å². The van der Waals surface area contributed by atoms with E-state index in [2.05, 4.69) is 10.3 Å². The standard InChI is InChI=1S/C17H21N3O3S/c1-20-8-6-19-17(20)24-9-7-18-16(21)13-10-12-4-3-5-14(22-2)15(12)23-11-13/h3-6,8,13H,7,9-11H2,1-2H3,(H,18,21)/t13-/m1/s1. The monoisotopic (exact) mass is 347 g/mol. The quantitative estimate of drug-likeness (QED) is 0.638. The third-order valence-corrected chi connectivity index (χ3v) is 5.02. The Kier molecular flexibility index (Phi) is 5.30. The summed E-state index contributed by atoms with van der Waals surface area (Å²) in [5.41, 5.74) is 1.02. The van der Waals surface area contributed by atoms with Crippen LogP contribution >= 0.6 is 11.8 Å². The van der Waals surface area contributed by atoms with Gasteiger partial charge in [0.15, 0.2) is 16.7 Å².